The average molecular weight is 778 g/mol. The Labute approximate surface area is 340 Å². The number of esters is 1. The highest BCUT2D eigenvalue weighted by molar-refractivity contribution is 5.84. The molecule has 0 saturated carbocycles. The fraction of sp³-hybridized carbons (Fsp3) is 0.265. The predicted octanol–water partition coefficient (Wildman–Crippen LogP) is 8.82. The van der Waals surface area contributed by atoms with Gasteiger partial charge in [0, 0.05) is 37.5 Å². The Morgan fingerprint density at radius 2 is 1.47 bits per heavy atom. The molecule has 1 aliphatic rings. The molecule has 9 nitrogen and oxygen atoms in total. The van der Waals surface area contributed by atoms with Gasteiger partial charge in [0.2, 0.25) is 0 Å². The van der Waals surface area contributed by atoms with Gasteiger partial charge >= 0.3 is 12.0 Å². The van der Waals surface area contributed by atoms with Crippen molar-refractivity contribution in [1.29, 1.82) is 0 Å². The summed E-state index contributed by atoms with van der Waals surface area (Å²) in [5, 5.41) is 17.8. The molecule has 1 aliphatic heterocycles. The molecule has 6 aromatic rings. The smallest absolute Gasteiger partial charge is 0.328 e. The summed E-state index contributed by atoms with van der Waals surface area (Å²) in [6.45, 7) is 3.21. The monoisotopic (exact) mass is 777 g/mol. The lowest BCUT2D eigenvalue weighted by Crippen LogP contribution is -2.47. The number of carbonyl (C=O) groups excluding carboxylic acids is 2. The van der Waals surface area contributed by atoms with E-state index >= 15 is 0 Å². The summed E-state index contributed by atoms with van der Waals surface area (Å²) in [4.78, 5) is 27.7. The van der Waals surface area contributed by atoms with E-state index in [0.717, 1.165) is 38.9 Å². The summed E-state index contributed by atoms with van der Waals surface area (Å²) in [7, 11) is 3.46. The fourth-order valence-corrected chi connectivity index (χ4v) is 7.50. The molecule has 2 amide bonds. The SMILES string of the molecule is COC(=O)C(Cc1ccccc1)NC(=O)NCc1cccc(-c2ccc(C3OC(CN(C)C(C)c4ccc5ccccc5c4)CC(c4ccc(CO)cc4)O3)cc2)c1. The van der Waals surface area contributed by atoms with E-state index in [0.29, 0.717) is 19.4 Å². The van der Waals surface area contributed by atoms with E-state index in [1.807, 2.05) is 91.0 Å². The van der Waals surface area contributed by atoms with E-state index in [2.05, 4.69) is 84.1 Å². The van der Waals surface area contributed by atoms with Gasteiger partial charge in [-0.25, -0.2) is 9.59 Å². The third-order valence-electron chi connectivity index (χ3n) is 11.0. The number of methoxy groups -OCH3 is 1. The summed E-state index contributed by atoms with van der Waals surface area (Å²) < 4.78 is 18.3. The Kier molecular flexibility index (Phi) is 13.3. The first-order valence-electron chi connectivity index (χ1n) is 19.8. The van der Waals surface area contributed by atoms with Crippen molar-refractivity contribution in [2.75, 3.05) is 20.7 Å². The third kappa shape index (κ3) is 10.2. The lowest BCUT2D eigenvalue weighted by atomic mass is 9.98. The summed E-state index contributed by atoms with van der Waals surface area (Å²) in [5.74, 6) is -0.505. The normalized spacial score (nSPS) is 17.7. The number of rotatable bonds is 14. The average Bonchev–Trinajstić information content (AvgIpc) is 3.27. The van der Waals surface area contributed by atoms with E-state index in [9.17, 15) is 14.7 Å². The predicted molar refractivity (Wildman–Crippen MR) is 227 cm³/mol. The molecule has 6 aromatic carbocycles. The molecule has 58 heavy (non-hydrogen) atoms. The van der Waals surface area contributed by atoms with E-state index in [4.69, 9.17) is 14.2 Å². The number of fused-ring (bicyclic) bond motifs is 1. The molecule has 298 valence electrons. The first-order valence-corrected chi connectivity index (χ1v) is 19.8. The van der Waals surface area contributed by atoms with Crippen molar-refractivity contribution in [3.63, 3.8) is 0 Å². The van der Waals surface area contributed by atoms with Gasteiger partial charge in [0.15, 0.2) is 6.29 Å². The van der Waals surface area contributed by atoms with Crippen LogP contribution in [0.2, 0.25) is 0 Å². The van der Waals surface area contributed by atoms with Crippen LogP contribution < -0.4 is 10.6 Å². The maximum Gasteiger partial charge on any atom is 0.328 e. The summed E-state index contributed by atoms with van der Waals surface area (Å²) in [6.07, 6.45) is 0.144. The lowest BCUT2D eigenvalue weighted by molar-refractivity contribution is -0.253. The number of benzene rings is 6. The molecule has 1 fully saturated rings. The Bertz CT molecular complexity index is 2280. The number of hydrogen-bond acceptors (Lipinski definition) is 7. The van der Waals surface area contributed by atoms with Gasteiger partial charge in [-0.2, -0.15) is 0 Å². The van der Waals surface area contributed by atoms with E-state index in [1.54, 1.807) is 0 Å². The summed E-state index contributed by atoms with van der Waals surface area (Å²) in [5.41, 5.74) is 7.92. The van der Waals surface area contributed by atoms with Crippen molar-refractivity contribution < 1.29 is 28.9 Å². The van der Waals surface area contributed by atoms with Crippen molar-refractivity contribution in [1.82, 2.24) is 15.5 Å². The van der Waals surface area contributed by atoms with Crippen LogP contribution >= 0.6 is 0 Å². The third-order valence-corrected chi connectivity index (χ3v) is 11.0. The lowest BCUT2D eigenvalue weighted by Gasteiger charge is -2.39. The zero-order valence-corrected chi connectivity index (χ0v) is 33.2. The van der Waals surface area contributed by atoms with E-state index in [1.165, 1.54) is 23.4 Å². The van der Waals surface area contributed by atoms with Gasteiger partial charge in [-0.3, -0.25) is 4.90 Å². The Morgan fingerprint density at radius 3 is 2.21 bits per heavy atom. The highest BCUT2D eigenvalue weighted by Gasteiger charge is 2.33. The number of nitrogens with one attached hydrogen (secondary N) is 2. The van der Waals surface area contributed by atoms with Crippen molar-refractivity contribution in [3.05, 3.63) is 179 Å². The van der Waals surface area contributed by atoms with Gasteiger partial charge in [-0.1, -0.05) is 133 Å². The molecule has 3 N–H and O–H groups in total. The zero-order chi connectivity index (χ0) is 40.4. The number of hydrogen-bond donors (Lipinski definition) is 3. The standard InChI is InChI=1S/C49H51N3O6/c1-33(41-25-22-37-13-7-8-14-43(37)28-41)52(2)31-44-29-46(39-18-16-35(32-53)17-19-39)58-48(57-44)40-23-20-38(21-24-40)42-15-9-12-36(26-42)30-50-49(55)51-45(47(54)56-3)27-34-10-5-4-6-11-34/h4-26,28,33,44-46,48,53H,27,29-32H2,1-3H3,(H2,50,51,55). The molecule has 5 atom stereocenters. The van der Waals surface area contributed by atoms with Crippen molar-refractivity contribution in [2.45, 2.75) is 63.5 Å². The molecule has 9 heteroatoms. The van der Waals surface area contributed by atoms with Crippen LogP contribution in [0.25, 0.3) is 21.9 Å². The highest BCUT2D eigenvalue weighted by Crippen LogP contribution is 2.39. The van der Waals surface area contributed by atoms with Gasteiger partial charge in [0.05, 0.1) is 25.9 Å². The van der Waals surface area contributed by atoms with Crippen LogP contribution in [0.3, 0.4) is 0 Å². The molecular weight excluding hydrogens is 727 g/mol. The van der Waals surface area contributed by atoms with E-state index < -0.39 is 24.3 Å². The number of ether oxygens (including phenoxy) is 3. The second-order valence-electron chi connectivity index (χ2n) is 15.0. The molecule has 0 aliphatic carbocycles. The highest BCUT2D eigenvalue weighted by atomic mass is 16.7. The molecule has 1 saturated heterocycles. The van der Waals surface area contributed by atoms with Gasteiger partial charge < -0.3 is 30.0 Å². The Hall–Kier alpha value is -5.84. The molecule has 5 unspecified atom stereocenters. The second kappa shape index (κ2) is 19.1. The molecule has 0 radical (unpaired) electrons. The minimum absolute atomic E-state index is 0.00855. The summed E-state index contributed by atoms with van der Waals surface area (Å²) >= 11 is 0. The van der Waals surface area contributed by atoms with Crippen molar-refractivity contribution >= 4 is 22.8 Å². The number of aliphatic hydroxyl groups excluding tert-OH is 1. The van der Waals surface area contributed by atoms with Gasteiger partial charge in [-0.05, 0) is 75.8 Å². The van der Waals surface area contributed by atoms with Crippen LogP contribution in [0.15, 0.2) is 146 Å². The zero-order valence-electron chi connectivity index (χ0n) is 33.2. The Morgan fingerprint density at radius 1 is 0.759 bits per heavy atom. The van der Waals surface area contributed by atoms with Crippen LogP contribution in [-0.2, 0) is 38.6 Å². The first kappa shape index (κ1) is 40.4. The van der Waals surface area contributed by atoms with Crippen LogP contribution in [0.5, 0.6) is 0 Å². The van der Waals surface area contributed by atoms with Gasteiger partial charge in [0.25, 0.3) is 0 Å². The van der Waals surface area contributed by atoms with Crippen molar-refractivity contribution in [2.24, 2.45) is 0 Å². The van der Waals surface area contributed by atoms with E-state index in [-0.39, 0.29) is 31.4 Å². The largest absolute Gasteiger partial charge is 0.467 e. The second-order valence-corrected chi connectivity index (χ2v) is 15.0. The van der Waals surface area contributed by atoms with Crippen LogP contribution in [0.1, 0.15) is 65.2 Å². The number of carbonyl (C=O) groups is 2. The Balaban J connectivity index is 1.02. The molecule has 0 aromatic heterocycles. The minimum Gasteiger partial charge on any atom is -0.467 e. The molecule has 0 bridgehead atoms. The van der Waals surface area contributed by atoms with Gasteiger partial charge in [0.1, 0.15) is 6.04 Å². The molecule has 1 heterocycles. The molecular formula is C49H51N3O6. The van der Waals surface area contributed by atoms with Crippen LogP contribution in [0.4, 0.5) is 4.79 Å². The molecule has 7 rings (SSSR count). The fourth-order valence-electron chi connectivity index (χ4n) is 7.50. The quantitative estimate of drug-likeness (QED) is 0.0949. The maximum absolute atomic E-state index is 12.9. The van der Waals surface area contributed by atoms with Crippen molar-refractivity contribution in [3.8, 4) is 11.1 Å². The summed E-state index contributed by atoms with van der Waals surface area (Å²) in [6, 6.07) is 47.7. The molecule has 0 spiro atoms. The number of likely N-dealkylation sites (N-methyl/N-ethyl adjacent to an activating group) is 1. The number of aliphatic hydroxyl groups is 1. The number of nitrogens with zero attached hydrogens (tertiary/aromatic N) is 1. The van der Waals surface area contributed by atoms with Crippen LogP contribution in [-0.4, -0.2) is 54.9 Å². The maximum atomic E-state index is 12.9. The van der Waals surface area contributed by atoms with Crippen LogP contribution in [0, 0.1) is 0 Å². The number of amides is 2. The number of urea groups is 1. The first-order chi connectivity index (χ1) is 28.3. The topological polar surface area (TPSA) is 109 Å². The minimum atomic E-state index is -0.813. The van der Waals surface area contributed by atoms with Gasteiger partial charge in [-0.15, -0.1) is 0 Å².